The Labute approximate surface area is 110 Å². The van der Waals surface area contributed by atoms with Gasteiger partial charge in [-0.25, -0.2) is 4.39 Å². The normalized spacial score (nSPS) is 11.2. The Morgan fingerprint density at radius 1 is 0.895 bits per heavy atom. The molecule has 3 rings (SSSR count). The van der Waals surface area contributed by atoms with Crippen molar-refractivity contribution < 1.29 is 4.39 Å². The van der Waals surface area contributed by atoms with Crippen molar-refractivity contribution in [1.29, 1.82) is 0 Å². The lowest BCUT2D eigenvalue weighted by molar-refractivity contribution is 0.628. The molecule has 0 saturated carbocycles. The van der Waals surface area contributed by atoms with Crippen LogP contribution in [0.3, 0.4) is 0 Å². The number of nitrogens with zero attached hydrogens (tertiary/aromatic N) is 2. The molecule has 0 N–H and O–H groups in total. The molecule has 0 spiro atoms. The van der Waals surface area contributed by atoms with E-state index < -0.39 is 0 Å². The zero-order valence-corrected chi connectivity index (χ0v) is 10.1. The van der Waals surface area contributed by atoms with Gasteiger partial charge in [0.2, 0.25) is 0 Å². The fraction of sp³-hybridized carbons (Fsp3) is 0. The summed E-state index contributed by atoms with van der Waals surface area (Å²) in [6.07, 6.45) is 5.62. The molecular weight excluding hydrogens is 239 g/mol. The molecule has 0 fully saturated rings. The Hall–Kier alpha value is -2.55. The number of hydrogen-bond acceptors (Lipinski definition) is 2. The Morgan fingerprint density at radius 3 is 2.53 bits per heavy atom. The molecule has 0 bridgehead atoms. The van der Waals surface area contributed by atoms with Crippen molar-refractivity contribution in [3.05, 3.63) is 71.7 Å². The zero-order valence-electron chi connectivity index (χ0n) is 10.1. The van der Waals surface area contributed by atoms with Crippen LogP contribution in [-0.4, -0.2) is 10.2 Å². The standard InChI is InChI=1S/C16H11FN2/c17-14-9-6-12(7-10-14)5-8-13-11-18-19-16-4-2-1-3-15(13)16/h1-11H/b8-5-. The van der Waals surface area contributed by atoms with E-state index in [1.165, 1.54) is 12.1 Å². The van der Waals surface area contributed by atoms with Crippen molar-refractivity contribution in [3.8, 4) is 0 Å². The largest absolute Gasteiger partial charge is 0.207 e. The molecule has 1 heterocycles. The van der Waals surface area contributed by atoms with Crippen LogP contribution in [0.1, 0.15) is 11.1 Å². The molecule has 2 nitrogen and oxygen atoms in total. The van der Waals surface area contributed by atoms with Crippen LogP contribution >= 0.6 is 0 Å². The minimum Gasteiger partial charge on any atom is -0.207 e. The maximum Gasteiger partial charge on any atom is 0.123 e. The smallest absolute Gasteiger partial charge is 0.123 e. The number of fused-ring (bicyclic) bond motifs is 1. The third-order valence-electron chi connectivity index (χ3n) is 2.90. The average molecular weight is 250 g/mol. The van der Waals surface area contributed by atoms with Crippen LogP contribution in [0.5, 0.6) is 0 Å². The Kier molecular flexibility index (Phi) is 3.02. The zero-order chi connectivity index (χ0) is 13.1. The lowest BCUT2D eigenvalue weighted by Gasteiger charge is -1.99. The minimum atomic E-state index is -0.229. The van der Waals surface area contributed by atoms with Crippen LogP contribution in [0.2, 0.25) is 0 Å². The number of benzene rings is 2. The van der Waals surface area contributed by atoms with Gasteiger partial charge in [-0.3, -0.25) is 0 Å². The highest BCUT2D eigenvalue weighted by Crippen LogP contribution is 2.17. The van der Waals surface area contributed by atoms with Gasteiger partial charge in [0.15, 0.2) is 0 Å². The molecule has 0 radical (unpaired) electrons. The molecule has 0 unspecified atom stereocenters. The fourth-order valence-electron chi connectivity index (χ4n) is 1.92. The third kappa shape index (κ3) is 2.50. The highest BCUT2D eigenvalue weighted by atomic mass is 19.1. The molecular formula is C16H11FN2. The van der Waals surface area contributed by atoms with E-state index in [2.05, 4.69) is 10.2 Å². The van der Waals surface area contributed by atoms with Gasteiger partial charge in [-0.2, -0.15) is 10.2 Å². The van der Waals surface area contributed by atoms with Gasteiger partial charge in [0.05, 0.1) is 11.7 Å². The van der Waals surface area contributed by atoms with Crippen molar-refractivity contribution in [2.24, 2.45) is 0 Å². The molecule has 1 aromatic heterocycles. The average Bonchev–Trinajstić information content (AvgIpc) is 2.47. The lowest BCUT2D eigenvalue weighted by Crippen LogP contribution is -1.86. The topological polar surface area (TPSA) is 25.8 Å². The summed E-state index contributed by atoms with van der Waals surface area (Å²) in [4.78, 5) is 0. The molecule has 0 atom stereocenters. The van der Waals surface area contributed by atoms with Crippen molar-refractivity contribution in [2.75, 3.05) is 0 Å². The maximum absolute atomic E-state index is 12.8. The van der Waals surface area contributed by atoms with E-state index in [0.717, 1.165) is 22.0 Å². The van der Waals surface area contributed by atoms with Crippen LogP contribution in [0.25, 0.3) is 23.1 Å². The third-order valence-corrected chi connectivity index (χ3v) is 2.90. The van der Waals surface area contributed by atoms with E-state index in [9.17, 15) is 4.39 Å². The van der Waals surface area contributed by atoms with Crippen LogP contribution < -0.4 is 0 Å². The number of rotatable bonds is 2. The summed E-state index contributed by atoms with van der Waals surface area (Å²) in [6, 6.07) is 14.2. The van der Waals surface area contributed by atoms with Crippen LogP contribution in [0, 0.1) is 5.82 Å². The van der Waals surface area contributed by atoms with Crippen molar-refractivity contribution >= 4 is 23.1 Å². The summed E-state index contributed by atoms with van der Waals surface area (Å²) >= 11 is 0. The lowest BCUT2D eigenvalue weighted by atomic mass is 10.1. The Bertz CT molecular complexity index is 728. The summed E-state index contributed by atoms with van der Waals surface area (Å²) in [7, 11) is 0. The SMILES string of the molecule is Fc1ccc(/C=C\c2cnnc3ccccc23)cc1. The van der Waals surface area contributed by atoms with E-state index in [4.69, 9.17) is 0 Å². The van der Waals surface area contributed by atoms with Gasteiger partial charge < -0.3 is 0 Å². The fourth-order valence-corrected chi connectivity index (χ4v) is 1.92. The van der Waals surface area contributed by atoms with Crippen LogP contribution in [0.15, 0.2) is 54.7 Å². The van der Waals surface area contributed by atoms with Gasteiger partial charge in [-0.05, 0) is 23.8 Å². The predicted molar refractivity (Wildman–Crippen MR) is 74.9 cm³/mol. The molecule has 0 aliphatic carbocycles. The predicted octanol–water partition coefficient (Wildman–Crippen LogP) is 3.94. The summed E-state index contributed by atoms with van der Waals surface area (Å²) < 4.78 is 12.8. The second-order valence-electron chi connectivity index (χ2n) is 4.20. The second-order valence-corrected chi connectivity index (χ2v) is 4.20. The molecule has 0 amide bonds. The van der Waals surface area contributed by atoms with Crippen LogP contribution in [0.4, 0.5) is 4.39 Å². The summed E-state index contributed by atoms with van der Waals surface area (Å²) in [5, 5.41) is 9.10. The number of aromatic nitrogens is 2. The highest BCUT2D eigenvalue weighted by Gasteiger charge is 1.98. The first kappa shape index (κ1) is 11.5. The van der Waals surface area contributed by atoms with Gasteiger partial charge in [0.25, 0.3) is 0 Å². The highest BCUT2D eigenvalue weighted by molar-refractivity contribution is 5.89. The summed E-state index contributed by atoms with van der Waals surface area (Å²) in [5.41, 5.74) is 2.81. The van der Waals surface area contributed by atoms with Gasteiger partial charge in [-0.15, -0.1) is 0 Å². The van der Waals surface area contributed by atoms with Crippen molar-refractivity contribution in [1.82, 2.24) is 10.2 Å². The van der Waals surface area contributed by atoms with E-state index in [0.29, 0.717) is 0 Å². The molecule has 3 heteroatoms. The number of halogens is 1. The maximum atomic E-state index is 12.8. The van der Waals surface area contributed by atoms with E-state index in [1.54, 1.807) is 18.3 Å². The van der Waals surface area contributed by atoms with E-state index >= 15 is 0 Å². The first-order valence-corrected chi connectivity index (χ1v) is 5.97. The molecule has 2 aromatic carbocycles. The minimum absolute atomic E-state index is 0.229. The van der Waals surface area contributed by atoms with Gasteiger partial charge >= 0.3 is 0 Å². The monoisotopic (exact) mass is 250 g/mol. The van der Waals surface area contributed by atoms with Gasteiger partial charge in [-0.1, -0.05) is 42.5 Å². The number of hydrogen-bond donors (Lipinski definition) is 0. The summed E-state index contributed by atoms with van der Waals surface area (Å²) in [6.45, 7) is 0. The molecule has 0 saturated heterocycles. The van der Waals surface area contributed by atoms with Crippen molar-refractivity contribution in [3.63, 3.8) is 0 Å². The molecule has 92 valence electrons. The molecule has 0 aliphatic rings. The summed E-state index contributed by atoms with van der Waals surface area (Å²) in [5.74, 6) is -0.229. The van der Waals surface area contributed by atoms with Gasteiger partial charge in [0.1, 0.15) is 5.82 Å². The van der Waals surface area contributed by atoms with E-state index in [-0.39, 0.29) is 5.82 Å². The van der Waals surface area contributed by atoms with Crippen LogP contribution in [-0.2, 0) is 0 Å². The molecule has 3 aromatic rings. The first-order chi connectivity index (χ1) is 9.33. The van der Waals surface area contributed by atoms with E-state index in [1.807, 2.05) is 36.4 Å². The second kappa shape index (κ2) is 4.98. The molecule has 0 aliphatic heterocycles. The quantitative estimate of drug-likeness (QED) is 0.688. The van der Waals surface area contributed by atoms with Gasteiger partial charge in [0, 0.05) is 10.9 Å². The Morgan fingerprint density at radius 2 is 1.68 bits per heavy atom. The Balaban J connectivity index is 1.99. The molecule has 19 heavy (non-hydrogen) atoms. The van der Waals surface area contributed by atoms with Crippen molar-refractivity contribution in [2.45, 2.75) is 0 Å². The first-order valence-electron chi connectivity index (χ1n) is 5.97.